The third-order valence-corrected chi connectivity index (χ3v) is 21.8. The van der Waals surface area contributed by atoms with Crippen molar-refractivity contribution in [2.24, 2.45) is 0 Å². The predicted octanol–water partition coefficient (Wildman–Crippen LogP) is 7.10. The van der Waals surface area contributed by atoms with Crippen molar-refractivity contribution in [1.82, 2.24) is 0 Å². The Bertz CT molecular complexity index is 654. The molecule has 1 heterocycles. The van der Waals surface area contributed by atoms with Crippen LogP contribution in [0.1, 0.15) is 68.7 Å². The fourth-order valence-electron chi connectivity index (χ4n) is 2.77. The van der Waals surface area contributed by atoms with Crippen LogP contribution in [0.5, 0.6) is 0 Å². The molecule has 0 amide bonds. The van der Waals surface area contributed by atoms with Crippen LogP contribution in [0.2, 0.25) is 54.4 Å². The van der Waals surface area contributed by atoms with Crippen LogP contribution in [0.15, 0.2) is 0 Å². The fraction of sp³-hybridized carbons (Fsp3) is 0.958. The van der Waals surface area contributed by atoms with Gasteiger partial charge in [0, 0.05) is 0 Å². The molecule has 0 aromatic rings. The summed E-state index contributed by atoms with van der Waals surface area (Å²) >= 11 is 0. The maximum atomic E-state index is 12.7. The van der Waals surface area contributed by atoms with Crippen LogP contribution in [0.4, 0.5) is 0 Å². The van der Waals surface area contributed by atoms with Gasteiger partial charge in [0.1, 0.15) is 6.10 Å². The summed E-state index contributed by atoms with van der Waals surface area (Å²) in [5.74, 6) is -0.215. The molecular formula is C24H52O5Si3. The molecule has 1 fully saturated rings. The van der Waals surface area contributed by atoms with Crippen LogP contribution in [0, 0.1) is 0 Å². The monoisotopic (exact) mass is 504 g/mol. The van der Waals surface area contributed by atoms with E-state index in [0.717, 1.165) is 0 Å². The van der Waals surface area contributed by atoms with E-state index in [1.165, 1.54) is 0 Å². The van der Waals surface area contributed by atoms with Gasteiger partial charge in [-0.25, -0.2) is 0 Å². The summed E-state index contributed by atoms with van der Waals surface area (Å²) in [6.45, 7) is 33.8. The highest BCUT2D eigenvalue weighted by molar-refractivity contribution is 6.75. The van der Waals surface area contributed by atoms with Gasteiger partial charge in [0.15, 0.2) is 31.1 Å². The van der Waals surface area contributed by atoms with E-state index in [9.17, 15) is 4.79 Å². The second kappa shape index (κ2) is 9.57. The zero-order valence-corrected chi connectivity index (χ0v) is 26.7. The van der Waals surface area contributed by atoms with E-state index in [4.69, 9.17) is 18.0 Å². The van der Waals surface area contributed by atoms with Crippen LogP contribution >= 0.6 is 0 Å². The van der Waals surface area contributed by atoms with Crippen LogP contribution in [0.25, 0.3) is 0 Å². The Kier molecular flexibility index (Phi) is 8.98. The Hall–Kier alpha value is 0.000649. The van der Waals surface area contributed by atoms with Gasteiger partial charge in [-0.15, -0.1) is 0 Å². The second-order valence-electron chi connectivity index (χ2n) is 14.1. The highest BCUT2D eigenvalue weighted by Gasteiger charge is 2.51. The van der Waals surface area contributed by atoms with Crippen molar-refractivity contribution in [2.45, 2.75) is 141 Å². The average molecular weight is 505 g/mol. The van der Waals surface area contributed by atoms with E-state index in [-0.39, 0.29) is 39.7 Å². The number of cyclic esters (lactones) is 1. The molecule has 3 atom stereocenters. The SMILES string of the molecule is CC(C)(C)[Si](C)(C)OC[C@H]1OC(=O)C[C@@H](O[Si](C)(C)C(C)(C)C)[C@@H]1O[Si](C)(C)C(C)(C)C. The first-order chi connectivity index (χ1) is 13.9. The van der Waals surface area contributed by atoms with Crippen LogP contribution < -0.4 is 0 Å². The molecule has 0 spiro atoms. The summed E-state index contributed by atoms with van der Waals surface area (Å²) in [6.07, 6.45) is -0.830. The summed E-state index contributed by atoms with van der Waals surface area (Å²) < 4.78 is 26.1. The van der Waals surface area contributed by atoms with Gasteiger partial charge in [-0.05, 0) is 54.4 Å². The van der Waals surface area contributed by atoms with Gasteiger partial charge in [0.25, 0.3) is 0 Å². The number of carbonyl (C=O) groups excluding carboxylic acids is 1. The van der Waals surface area contributed by atoms with Crippen molar-refractivity contribution in [2.75, 3.05) is 6.61 Å². The molecule has 0 bridgehead atoms. The maximum absolute atomic E-state index is 12.7. The number of esters is 1. The summed E-state index contributed by atoms with van der Waals surface area (Å²) in [5.41, 5.74) is 0. The molecule has 8 heteroatoms. The maximum Gasteiger partial charge on any atom is 0.308 e. The van der Waals surface area contributed by atoms with Crippen LogP contribution in [0.3, 0.4) is 0 Å². The Morgan fingerprint density at radius 3 is 1.56 bits per heavy atom. The molecule has 0 radical (unpaired) electrons. The minimum absolute atomic E-state index is 0.0425. The lowest BCUT2D eigenvalue weighted by molar-refractivity contribution is -0.178. The molecule has 0 aromatic carbocycles. The van der Waals surface area contributed by atoms with Gasteiger partial charge >= 0.3 is 5.97 Å². The van der Waals surface area contributed by atoms with Crippen molar-refractivity contribution < 1.29 is 22.8 Å². The smallest absolute Gasteiger partial charge is 0.308 e. The topological polar surface area (TPSA) is 54.0 Å². The highest BCUT2D eigenvalue weighted by atomic mass is 28.4. The van der Waals surface area contributed by atoms with Crippen molar-refractivity contribution in [1.29, 1.82) is 0 Å². The molecular weight excluding hydrogens is 453 g/mol. The average Bonchev–Trinajstić information content (AvgIpc) is 2.52. The van der Waals surface area contributed by atoms with Gasteiger partial charge in [-0.3, -0.25) is 4.79 Å². The summed E-state index contributed by atoms with van der Waals surface area (Å²) in [4.78, 5) is 12.7. The lowest BCUT2D eigenvalue weighted by Gasteiger charge is -2.48. The lowest BCUT2D eigenvalue weighted by atomic mass is 10.0. The Morgan fingerprint density at radius 2 is 1.16 bits per heavy atom. The zero-order chi connectivity index (χ0) is 25.6. The summed E-state index contributed by atoms with van der Waals surface area (Å²) in [7, 11) is -6.24. The fourth-order valence-corrected chi connectivity index (χ4v) is 6.45. The van der Waals surface area contributed by atoms with E-state index >= 15 is 0 Å². The quantitative estimate of drug-likeness (QED) is 0.273. The van der Waals surface area contributed by atoms with Crippen molar-refractivity contribution >= 4 is 30.9 Å². The molecule has 0 aromatic heterocycles. The normalized spacial score (nSPS) is 24.5. The Labute approximate surface area is 201 Å². The second-order valence-corrected chi connectivity index (χ2v) is 28.4. The summed E-state index contributed by atoms with van der Waals surface area (Å²) in [6, 6.07) is 0. The Balaban J connectivity index is 3.31. The lowest BCUT2D eigenvalue weighted by Crippen LogP contribution is -2.60. The number of rotatable bonds is 7. The molecule has 190 valence electrons. The first kappa shape index (κ1) is 30.0. The zero-order valence-electron chi connectivity index (χ0n) is 23.7. The highest BCUT2D eigenvalue weighted by Crippen LogP contribution is 2.43. The molecule has 1 saturated heterocycles. The van der Waals surface area contributed by atoms with E-state index in [1.54, 1.807) is 0 Å². The molecule has 0 N–H and O–H groups in total. The van der Waals surface area contributed by atoms with Crippen molar-refractivity contribution in [3.8, 4) is 0 Å². The largest absolute Gasteiger partial charge is 0.457 e. The van der Waals surface area contributed by atoms with Crippen molar-refractivity contribution in [3.05, 3.63) is 0 Å². The molecule has 32 heavy (non-hydrogen) atoms. The van der Waals surface area contributed by atoms with Gasteiger partial charge < -0.3 is 18.0 Å². The van der Waals surface area contributed by atoms with Gasteiger partial charge in [0.05, 0.1) is 19.1 Å². The van der Waals surface area contributed by atoms with Crippen molar-refractivity contribution in [3.63, 3.8) is 0 Å². The summed E-state index contributed by atoms with van der Waals surface area (Å²) in [5, 5.41) is 0.169. The van der Waals surface area contributed by atoms with E-state index < -0.39 is 31.1 Å². The molecule has 1 aliphatic heterocycles. The van der Waals surface area contributed by atoms with E-state index in [0.29, 0.717) is 6.61 Å². The predicted molar refractivity (Wildman–Crippen MR) is 142 cm³/mol. The molecule has 1 aliphatic rings. The standard InChI is InChI=1S/C24H52O5Si3/c1-22(2,3)30(10,11)26-17-19-21(29-32(14,15)24(7,8)9)18(16-20(25)27-19)28-31(12,13)23(4,5)6/h18-19,21H,16-17H2,1-15H3/t18-,19-,21+/m1/s1. The van der Waals surface area contributed by atoms with Gasteiger partial charge in [-0.2, -0.15) is 0 Å². The number of ether oxygens (including phenoxy) is 1. The molecule has 0 unspecified atom stereocenters. The van der Waals surface area contributed by atoms with E-state index in [2.05, 4.69) is 102 Å². The number of hydrogen-bond donors (Lipinski definition) is 0. The molecule has 5 nitrogen and oxygen atoms in total. The Morgan fingerprint density at radius 1 is 0.750 bits per heavy atom. The molecule has 1 rings (SSSR count). The number of carbonyl (C=O) groups is 1. The molecule has 0 saturated carbocycles. The van der Waals surface area contributed by atoms with Crippen LogP contribution in [-0.2, 0) is 22.8 Å². The number of hydrogen-bond acceptors (Lipinski definition) is 5. The minimum atomic E-state index is -2.13. The third kappa shape index (κ3) is 7.25. The van der Waals surface area contributed by atoms with E-state index in [1.807, 2.05) is 0 Å². The first-order valence-electron chi connectivity index (χ1n) is 12.1. The third-order valence-electron chi connectivity index (χ3n) is 8.29. The minimum Gasteiger partial charge on any atom is -0.457 e. The first-order valence-corrected chi connectivity index (χ1v) is 20.8. The molecule has 0 aliphatic carbocycles. The van der Waals surface area contributed by atoms with Crippen LogP contribution in [-0.4, -0.2) is 55.8 Å². The van der Waals surface area contributed by atoms with Gasteiger partial charge in [-0.1, -0.05) is 62.3 Å². The van der Waals surface area contributed by atoms with Gasteiger partial charge in [0.2, 0.25) is 0 Å².